The number of esters is 1. The van der Waals surface area contributed by atoms with Crippen molar-refractivity contribution >= 4 is 17.8 Å². The zero-order valence-corrected chi connectivity index (χ0v) is 20.9. The van der Waals surface area contributed by atoms with Crippen molar-refractivity contribution < 1.29 is 19.1 Å². The molecule has 1 aliphatic heterocycles. The van der Waals surface area contributed by atoms with Crippen LogP contribution in [0.4, 0.5) is 0 Å². The van der Waals surface area contributed by atoms with E-state index in [9.17, 15) is 14.4 Å². The Balaban J connectivity index is 3.01. The highest BCUT2D eigenvalue weighted by molar-refractivity contribution is 5.91. The molecule has 0 aliphatic carbocycles. The number of nitrogens with one attached hydrogen (secondary N) is 1. The summed E-state index contributed by atoms with van der Waals surface area (Å²) in [5.41, 5.74) is 0.473. The third-order valence-electron chi connectivity index (χ3n) is 5.87. The third-order valence-corrected chi connectivity index (χ3v) is 5.87. The van der Waals surface area contributed by atoms with E-state index in [0.717, 1.165) is 25.8 Å². The Hall–Kier alpha value is -1.89. The predicted octanol–water partition coefficient (Wildman–Crippen LogP) is 2.99. The summed E-state index contributed by atoms with van der Waals surface area (Å²) in [5.74, 6) is -0.589. The Labute approximate surface area is 188 Å². The van der Waals surface area contributed by atoms with E-state index in [4.69, 9.17) is 4.74 Å². The van der Waals surface area contributed by atoms with E-state index in [1.807, 2.05) is 34.7 Å². The average Bonchev–Trinajstić information content (AvgIpc) is 2.68. The summed E-state index contributed by atoms with van der Waals surface area (Å²) in [5, 5.41) is 3.01. The molecule has 0 aromatic heterocycles. The molecular weight excluding hydrogens is 394 g/mol. The van der Waals surface area contributed by atoms with Gasteiger partial charge in [0.05, 0.1) is 18.2 Å². The van der Waals surface area contributed by atoms with Gasteiger partial charge in [0.15, 0.2) is 0 Å². The molecule has 3 atom stereocenters. The molecule has 0 aromatic rings. The summed E-state index contributed by atoms with van der Waals surface area (Å²) in [7, 11) is 3.69. The van der Waals surface area contributed by atoms with Gasteiger partial charge in [-0.2, -0.15) is 0 Å². The molecule has 0 spiro atoms. The second-order valence-electron chi connectivity index (χ2n) is 9.71. The van der Waals surface area contributed by atoms with E-state index in [1.54, 1.807) is 38.8 Å². The molecule has 1 fully saturated rings. The van der Waals surface area contributed by atoms with Crippen LogP contribution in [-0.2, 0) is 19.1 Å². The molecular formula is C24H43N3O4. The van der Waals surface area contributed by atoms with Crippen LogP contribution < -0.4 is 5.32 Å². The van der Waals surface area contributed by atoms with Gasteiger partial charge in [-0.25, -0.2) is 4.79 Å². The highest BCUT2D eigenvalue weighted by Crippen LogP contribution is 2.19. The fraction of sp³-hybridized carbons (Fsp3) is 0.792. The van der Waals surface area contributed by atoms with Crippen molar-refractivity contribution in [2.75, 3.05) is 20.6 Å². The number of nitrogens with zero attached hydrogens (tertiary/aromatic N) is 2. The van der Waals surface area contributed by atoms with Gasteiger partial charge in [-0.3, -0.25) is 14.5 Å². The lowest BCUT2D eigenvalue weighted by atomic mass is 9.96. The molecule has 0 bridgehead atoms. The fourth-order valence-electron chi connectivity index (χ4n) is 3.92. The molecule has 7 heteroatoms. The Morgan fingerprint density at radius 2 is 1.68 bits per heavy atom. The van der Waals surface area contributed by atoms with Crippen molar-refractivity contribution in [3.8, 4) is 0 Å². The van der Waals surface area contributed by atoms with Crippen molar-refractivity contribution in [2.24, 2.45) is 11.8 Å². The first kappa shape index (κ1) is 27.1. The molecule has 1 saturated heterocycles. The van der Waals surface area contributed by atoms with E-state index in [1.165, 1.54) is 0 Å². The lowest BCUT2D eigenvalue weighted by molar-refractivity contribution is -0.143. The van der Waals surface area contributed by atoms with Crippen LogP contribution in [0.15, 0.2) is 11.6 Å². The summed E-state index contributed by atoms with van der Waals surface area (Å²) in [6.07, 6.45) is 4.52. The Bertz CT molecular complexity index is 657. The summed E-state index contributed by atoms with van der Waals surface area (Å²) < 4.78 is 5.28. The first-order chi connectivity index (χ1) is 14.4. The molecule has 1 heterocycles. The minimum absolute atomic E-state index is 0.0587. The standard InChI is InChI=1S/C24H43N3O4/c1-15(2)20(14-18(7)24(30)31-17(5)6)27(9)23(29)21(16(3)4)25-22(28)19-12-10-11-13-26(19)8/h14-17,19-21H,10-13H2,1-9H3,(H,25,28)/b18-14+. The van der Waals surface area contributed by atoms with Crippen LogP contribution in [0, 0.1) is 11.8 Å². The number of likely N-dealkylation sites (N-methyl/N-ethyl adjacent to an activating group) is 2. The van der Waals surface area contributed by atoms with Crippen LogP contribution in [0.1, 0.15) is 67.7 Å². The molecule has 3 unspecified atom stereocenters. The highest BCUT2D eigenvalue weighted by Gasteiger charge is 2.34. The first-order valence-corrected chi connectivity index (χ1v) is 11.5. The third kappa shape index (κ3) is 7.95. The van der Waals surface area contributed by atoms with Crippen molar-refractivity contribution in [2.45, 2.75) is 92.0 Å². The van der Waals surface area contributed by atoms with Crippen LogP contribution in [0.5, 0.6) is 0 Å². The fourth-order valence-corrected chi connectivity index (χ4v) is 3.92. The molecule has 1 N–H and O–H groups in total. The summed E-state index contributed by atoms with van der Waals surface area (Å²) in [4.78, 5) is 42.3. The van der Waals surface area contributed by atoms with Gasteiger partial charge in [0, 0.05) is 12.6 Å². The van der Waals surface area contributed by atoms with Gasteiger partial charge >= 0.3 is 5.97 Å². The summed E-state index contributed by atoms with van der Waals surface area (Å²) >= 11 is 0. The Morgan fingerprint density at radius 1 is 1.06 bits per heavy atom. The highest BCUT2D eigenvalue weighted by atomic mass is 16.5. The van der Waals surface area contributed by atoms with E-state index in [0.29, 0.717) is 5.57 Å². The number of hydrogen-bond donors (Lipinski definition) is 1. The number of likely N-dealkylation sites (tertiary alicyclic amines) is 1. The second kappa shape index (κ2) is 12.2. The van der Waals surface area contributed by atoms with Gasteiger partial charge in [0.2, 0.25) is 11.8 Å². The zero-order valence-electron chi connectivity index (χ0n) is 20.9. The number of ether oxygens (including phenoxy) is 1. The average molecular weight is 438 g/mol. The van der Waals surface area contributed by atoms with Gasteiger partial charge in [-0.15, -0.1) is 0 Å². The van der Waals surface area contributed by atoms with Crippen molar-refractivity contribution in [3.63, 3.8) is 0 Å². The molecule has 0 saturated carbocycles. The molecule has 0 radical (unpaired) electrons. The SMILES string of the molecule is C/C(=C\C(C(C)C)N(C)C(=O)C(NC(=O)C1CCCCN1C)C(C)C)C(=O)OC(C)C. The van der Waals surface area contributed by atoms with Gasteiger partial charge in [0.25, 0.3) is 0 Å². The maximum atomic E-state index is 13.4. The van der Waals surface area contributed by atoms with Gasteiger partial charge in [-0.1, -0.05) is 40.2 Å². The summed E-state index contributed by atoms with van der Waals surface area (Å²) in [6, 6.07) is -1.10. The molecule has 7 nitrogen and oxygen atoms in total. The van der Waals surface area contributed by atoms with Crippen LogP contribution in [0.3, 0.4) is 0 Å². The number of amides is 2. The van der Waals surface area contributed by atoms with Crippen LogP contribution in [0.2, 0.25) is 0 Å². The van der Waals surface area contributed by atoms with E-state index in [-0.39, 0.29) is 47.8 Å². The Kier molecular flexibility index (Phi) is 10.7. The largest absolute Gasteiger partial charge is 0.460 e. The molecule has 31 heavy (non-hydrogen) atoms. The summed E-state index contributed by atoms with van der Waals surface area (Å²) in [6.45, 7) is 14.1. The number of carbonyl (C=O) groups is 3. The minimum Gasteiger partial charge on any atom is -0.460 e. The number of hydrogen-bond acceptors (Lipinski definition) is 5. The van der Waals surface area contributed by atoms with Crippen molar-refractivity contribution in [1.82, 2.24) is 15.1 Å². The van der Waals surface area contributed by atoms with Gasteiger partial charge in [-0.05, 0) is 59.0 Å². The Morgan fingerprint density at radius 3 is 2.16 bits per heavy atom. The number of rotatable bonds is 9. The maximum absolute atomic E-state index is 13.4. The lowest BCUT2D eigenvalue weighted by Crippen LogP contribution is -2.57. The van der Waals surface area contributed by atoms with Gasteiger partial charge < -0.3 is 15.0 Å². The second-order valence-corrected chi connectivity index (χ2v) is 9.71. The molecule has 2 amide bonds. The number of piperidine rings is 1. The maximum Gasteiger partial charge on any atom is 0.333 e. The van der Waals surface area contributed by atoms with Crippen molar-refractivity contribution in [3.05, 3.63) is 11.6 Å². The monoisotopic (exact) mass is 437 g/mol. The van der Waals surface area contributed by atoms with Crippen LogP contribution in [-0.4, -0.2) is 72.5 Å². The molecule has 1 rings (SSSR count). The van der Waals surface area contributed by atoms with Crippen molar-refractivity contribution in [1.29, 1.82) is 0 Å². The van der Waals surface area contributed by atoms with E-state index >= 15 is 0 Å². The lowest BCUT2D eigenvalue weighted by Gasteiger charge is -2.36. The van der Waals surface area contributed by atoms with Gasteiger partial charge in [0.1, 0.15) is 6.04 Å². The number of carbonyl (C=O) groups excluding carboxylic acids is 3. The predicted molar refractivity (Wildman–Crippen MR) is 123 cm³/mol. The zero-order chi connectivity index (χ0) is 23.9. The van der Waals surface area contributed by atoms with Crippen LogP contribution >= 0.6 is 0 Å². The van der Waals surface area contributed by atoms with E-state index < -0.39 is 6.04 Å². The quantitative estimate of drug-likeness (QED) is 0.443. The van der Waals surface area contributed by atoms with Crippen LogP contribution in [0.25, 0.3) is 0 Å². The first-order valence-electron chi connectivity index (χ1n) is 11.5. The molecule has 1 aliphatic rings. The topological polar surface area (TPSA) is 79.0 Å². The smallest absolute Gasteiger partial charge is 0.333 e. The van der Waals surface area contributed by atoms with E-state index in [2.05, 4.69) is 10.2 Å². The minimum atomic E-state index is -0.620. The normalized spacial score (nSPS) is 20.0. The molecule has 0 aromatic carbocycles. The molecule has 178 valence electrons.